The van der Waals surface area contributed by atoms with Gasteiger partial charge in [0.2, 0.25) is 0 Å². The Labute approximate surface area is 140 Å². The van der Waals surface area contributed by atoms with Gasteiger partial charge in [-0.25, -0.2) is 9.97 Å². The molecule has 0 aliphatic rings. The fourth-order valence-electron chi connectivity index (χ4n) is 1.92. The molecule has 0 atom stereocenters. The lowest BCUT2D eigenvalue weighted by Crippen LogP contribution is -2.11. The Bertz CT molecular complexity index is 841. The number of rotatable bonds is 3. The summed E-state index contributed by atoms with van der Waals surface area (Å²) in [5, 5.41) is 4.83. The van der Waals surface area contributed by atoms with E-state index >= 15 is 0 Å². The van der Waals surface area contributed by atoms with Crippen molar-refractivity contribution in [2.75, 3.05) is 5.32 Å². The highest BCUT2D eigenvalue weighted by molar-refractivity contribution is 7.17. The average Bonchev–Trinajstić information content (AvgIpc) is 3.05. The first-order chi connectivity index (χ1) is 10.5. The zero-order valence-corrected chi connectivity index (χ0v) is 14.3. The predicted octanol–water partition coefficient (Wildman–Crippen LogP) is 4.79. The summed E-state index contributed by atoms with van der Waals surface area (Å²) >= 11 is 8.80. The molecule has 1 amide bonds. The van der Waals surface area contributed by atoms with Gasteiger partial charge in [0, 0.05) is 21.7 Å². The van der Waals surface area contributed by atoms with Crippen LogP contribution < -0.4 is 5.32 Å². The monoisotopic (exact) mass is 349 g/mol. The van der Waals surface area contributed by atoms with Crippen LogP contribution in [0.25, 0.3) is 10.6 Å². The molecule has 0 unspecified atom stereocenters. The molecule has 0 spiro atoms. The number of amides is 1. The van der Waals surface area contributed by atoms with Crippen molar-refractivity contribution >= 4 is 45.3 Å². The number of aryl methyl sites for hydroxylation is 2. The molecule has 0 saturated heterocycles. The zero-order chi connectivity index (χ0) is 15.7. The van der Waals surface area contributed by atoms with Gasteiger partial charge in [-0.2, -0.15) is 0 Å². The number of aromatic nitrogens is 2. The minimum atomic E-state index is -0.183. The van der Waals surface area contributed by atoms with Crippen molar-refractivity contribution in [2.45, 2.75) is 13.8 Å². The normalized spacial score (nSPS) is 10.7. The third-order valence-corrected chi connectivity index (χ3v) is 5.18. The van der Waals surface area contributed by atoms with Crippen LogP contribution >= 0.6 is 34.3 Å². The Balaban J connectivity index is 1.87. The molecule has 112 valence electrons. The first-order valence-electron chi connectivity index (χ1n) is 6.50. The summed E-state index contributed by atoms with van der Waals surface area (Å²) in [7, 11) is 0. The fourth-order valence-corrected chi connectivity index (χ4v) is 3.73. The number of carbonyl (C=O) groups is 1. The standard InChI is InChI=1S/C15H12ClN3OS2/c1-8-7-17-15(21-8)19-13(20)12-9(2)18-14(22-12)10-4-3-5-11(16)6-10/h3-7H,1-2H3,(H,17,19,20). The molecule has 1 N–H and O–H groups in total. The summed E-state index contributed by atoms with van der Waals surface area (Å²) in [6, 6.07) is 7.44. The molecule has 0 bridgehead atoms. The second kappa shape index (κ2) is 6.16. The van der Waals surface area contributed by atoms with E-state index in [-0.39, 0.29) is 5.91 Å². The van der Waals surface area contributed by atoms with Crippen LogP contribution in [0.4, 0.5) is 5.13 Å². The molecule has 0 aliphatic heterocycles. The van der Waals surface area contributed by atoms with E-state index in [1.54, 1.807) is 6.20 Å². The minimum Gasteiger partial charge on any atom is -0.297 e. The van der Waals surface area contributed by atoms with E-state index in [4.69, 9.17) is 11.6 Å². The maximum atomic E-state index is 12.4. The fraction of sp³-hybridized carbons (Fsp3) is 0.133. The van der Waals surface area contributed by atoms with Crippen LogP contribution in [0.2, 0.25) is 5.02 Å². The highest BCUT2D eigenvalue weighted by atomic mass is 35.5. The summed E-state index contributed by atoms with van der Waals surface area (Å²) < 4.78 is 0. The van der Waals surface area contributed by atoms with E-state index in [1.807, 2.05) is 38.1 Å². The topological polar surface area (TPSA) is 54.9 Å². The molecule has 2 aromatic heterocycles. The maximum absolute atomic E-state index is 12.4. The largest absolute Gasteiger partial charge is 0.297 e. The van der Waals surface area contributed by atoms with Gasteiger partial charge < -0.3 is 0 Å². The summed E-state index contributed by atoms with van der Waals surface area (Å²) in [5.74, 6) is -0.183. The molecule has 4 nitrogen and oxygen atoms in total. The number of anilines is 1. The summed E-state index contributed by atoms with van der Waals surface area (Å²) in [4.78, 5) is 22.6. The molecule has 1 aromatic carbocycles. The number of nitrogens with zero attached hydrogens (tertiary/aromatic N) is 2. The quantitative estimate of drug-likeness (QED) is 0.739. The second-order valence-corrected chi connectivity index (χ2v) is 7.34. The van der Waals surface area contributed by atoms with E-state index in [9.17, 15) is 4.79 Å². The number of hydrogen-bond acceptors (Lipinski definition) is 5. The molecular weight excluding hydrogens is 338 g/mol. The molecule has 7 heteroatoms. The second-order valence-electron chi connectivity index (χ2n) is 4.67. The summed E-state index contributed by atoms with van der Waals surface area (Å²) in [5.41, 5.74) is 1.61. The number of halogens is 1. The average molecular weight is 350 g/mol. The summed E-state index contributed by atoms with van der Waals surface area (Å²) in [6.45, 7) is 3.77. The summed E-state index contributed by atoms with van der Waals surface area (Å²) in [6.07, 6.45) is 1.73. The molecule has 0 aliphatic carbocycles. The van der Waals surface area contributed by atoms with Crippen molar-refractivity contribution in [2.24, 2.45) is 0 Å². The van der Waals surface area contributed by atoms with Crippen LogP contribution in [0.1, 0.15) is 20.2 Å². The Hall–Kier alpha value is -1.76. The van der Waals surface area contributed by atoms with E-state index in [0.29, 0.717) is 20.7 Å². The third kappa shape index (κ3) is 3.19. The van der Waals surface area contributed by atoms with E-state index in [1.165, 1.54) is 22.7 Å². The van der Waals surface area contributed by atoms with Crippen molar-refractivity contribution in [1.82, 2.24) is 9.97 Å². The number of benzene rings is 1. The van der Waals surface area contributed by atoms with Crippen LogP contribution in [0.5, 0.6) is 0 Å². The van der Waals surface area contributed by atoms with Gasteiger partial charge in [-0.3, -0.25) is 10.1 Å². The first-order valence-corrected chi connectivity index (χ1v) is 8.51. The molecule has 0 fully saturated rings. The Morgan fingerprint density at radius 2 is 2.09 bits per heavy atom. The highest BCUT2D eigenvalue weighted by Gasteiger charge is 2.17. The Kier molecular flexibility index (Phi) is 4.24. The molecule has 0 saturated carbocycles. The van der Waals surface area contributed by atoms with Crippen LogP contribution in [0.3, 0.4) is 0 Å². The van der Waals surface area contributed by atoms with Gasteiger partial charge in [0.15, 0.2) is 5.13 Å². The van der Waals surface area contributed by atoms with Gasteiger partial charge in [0.25, 0.3) is 5.91 Å². The molecule has 3 rings (SSSR count). The van der Waals surface area contributed by atoms with Crippen LogP contribution in [0, 0.1) is 13.8 Å². The van der Waals surface area contributed by atoms with Gasteiger partial charge >= 0.3 is 0 Å². The Morgan fingerprint density at radius 3 is 2.77 bits per heavy atom. The van der Waals surface area contributed by atoms with Crippen molar-refractivity contribution < 1.29 is 4.79 Å². The SMILES string of the molecule is Cc1cnc(NC(=O)c2sc(-c3cccc(Cl)c3)nc2C)s1. The smallest absolute Gasteiger partial charge is 0.269 e. The zero-order valence-electron chi connectivity index (χ0n) is 11.9. The van der Waals surface area contributed by atoms with Crippen LogP contribution in [-0.4, -0.2) is 15.9 Å². The van der Waals surface area contributed by atoms with Gasteiger partial charge in [-0.1, -0.05) is 23.7 Å². The number of nitrogens with one attached hydrogen (secondary N) is 1. The predicted molar refractivity (Wildman–Crippen MR) is 92.1 cm³/mol. The lowest BCUT2D eigenvalue weighted by Gasteiger charge is -1.98. The maximum Gasteiger partial charge on any atom is 0.269 e. The lowest BCUT2D eigenvalue weighted by atomic mass is 10.2. The van der Waals surface area contributed by atoms with Gasteiger partial charge in [-0.05, 0) is 26.0 Å². The highest BCUT2D eigenvalue weighted by Crippen LogP contribution is 2.30. The van der Waals surface area contributed by atoms with E-state index < -0.39 is 0 Å². The number of thiazole rings is 2. The van der Waals surface area contributed by atoms with Gasteiger partial charge in [0.05, 0.1) is 5.69 Å². The van der Waals surface area contributed by atoms with Crippen molar-refractivity contribution in [3.63, 3.8) is 0 Å². The lowest BCUT2D eigenvalue weighted by molar-refractivity contribution is 0.103. The van der Waals surface area contributed by atoms with E-state index in [0.717, 1.165) is 15.4 Å². The molecule has 2 heterocycles. The van der Waals surface area contributed by atoms with Crippen LogP contribution in [-0.2, 0) is 0 Å². The Morgan fingerprint density at radius 1 is 1.27 bits per heavy atom. The van der Waals surface area contributed by atoms with Crippen molar-refractivity contribution in [3.8, 4) is 10.6 Å². The first kappa shape index (κ1) is 15.1. The number of hydrogen-bond donors (Lipinski definition) is 1. The van der Waals surface area contributed by atoms with Crippen LogP contribution in [0.15, 0.2) is 30.5 Å². The number of carbonyl (C=O) groups excluding carboxylic acids is 1. The third-order valence-electron chi connectivity index (χ3n) is 2.92. The van der Waals surface area contributed by atoms with Gasteiger partial charge in [-0.15, -0.1) is 22.7 Å². The van der Waals surface area contributed by atoms with E-state index in [2.05, 4.69) is 15.3 Å². The minimum absolute atomic E-state index is 0.183. The molecule has 3 aromatic rings. The molecular formula is C15H12ClN3OS2. The molecule has 22 heavy (non-hydrogen) atoms. The van der Waals surface area contributed by atoms with Crippen molar-refractivity contribution in [1.29, 1.82) is 0 Å². The molecule has 0 radical (unpaired) electrons. The van der Waals surface area contributed by atoms with Gasteiger partial charge in [0.1, 0.15) is 9.88 Å². The van der Waals surface area contributed by atoms with Crippen molar-refractivity contribution in [3.05, 3.63) is 50.9 Å².